The van der Waals surface area contributed by atoms with Gasteiger partial charge in [0.15, 0.2) is 0 Å². The normalized spacial score (nSPS) is 10.3. The van der Waals surface area contributed by atoms with Gasteiger partial charge in [0.2, 0.25) is 11.8 Å². The first kappa shape index (κ1) is 18.7. The molecule has 0 saturated carbocycles. The molecule has 0 bridgehead atoms. The fourth-order valence-corrected chi connectivity index (χ4v) is 2.66. The van der Waals surface area contributed by atoms with Crippen molar-refractivity contribution in [2.45, 2.75) is 33.2 Å². The van der Waals surface area contributed by atoms with E-state index in [0.717, 1.165) is 17.5 Å². The van der Waals surface area contributed by atoms with Crippen LogP contribution in [0.3, 0.4) is 0 Å². The molecule has 0 atom stereocenters. The average Bonchev–Trinajstić information content (AvgIpc) is 2.61. The van der Waals surface area contributed by atoms with Crippen LogP contribution in [0.1, 0.15) is 30.0 Å². The highest BCUT2D eigenvalue weighted by atomic mass is 16.2. The second kappa shape index (κ2) is 9.62. The SMILES string of the molecule is CC(=O)N(CCNC(=O)CCc1ccccc1)Cc1ccccc1C. The topological polar surface area (TPSA) is 49.4 Å². The lowest BCUT2D eigenvalue weighted by molar-refractivity contribution is -0.130. The van der Waals surface area contributed by atoms with E-state index in [0.29, 0.717) is 26.1 Å². The van der Waals surface area contributed by atoms with Crippen LogP contribution in [0.4, 0.5) is 0 Å². The minimum atomic E-state index is 0.0155. The molecule has 2 rings (SSSR count). The molecule has 4 heteroatoms. The van der Waals surface area contributed by atoms with Crippen molar-refractivity contribution in [1.29, 1.82) is 0 Å². The number of rotatable bonds is 8. The number of benzene rings is 2. The van der Waals surface area contributed by atoms with Crippen LogP contribution in [-0.2, 0) is 22.6 Å². The summed E-state index contributed by atoms with van der Waals surface area (Å²) in [5, 5.41) is 2.91. The van der Waals surface area contributed by atoms with Gasteiger partial charge in [-0.15, -0.1) is 0 Å². The van der Waals surface area contributed by atoms with Crippen molar-refractivity contribution in [2.24, 2.45) is 0 Å². The third-order valence-corrected chi connectivity index (χ3v) is 4.26. The van der Waals surface area contributed by atoms with E-state index >= 15 is 0 Å². The van der Waals surface area contributed by atoms with E-state index in [1.54, 1.807) is 11.8 Å². The third kappa shape index (κ3) is 6.42. The molecule has 0 aliphatic heterocycles. The molecule has 0 aromatic heterocycles. The summed E-state index contributed by atoms with van der Waals surface area (Å²) < 4.78 is 0. The molecule has 25 heavy (non-hydrogen) atoms. The number of carbonyl (C=O) groups is 2. The summed E-state index contributed by atoms with van der Waals surface area (Å²) in [4.78, 5) is 25.6. The molecule has 0 fully saturated rings. The maximum Gasteiger partial charge on any atom is 0.220 e. The lowest BCUT2D eigenvalue weighted by Gasteiger charge is -2.22. The maximum atomic E-state index is 12.0. The van der Waals surface area contributed by atoms with Crippen molar-refractivity contribution in [3.05, 3.63) is 71.3 Å². The van der Waals surface area contributed by atoms with E-state index in [1.165, 1.54) is 5.56 Å². The standard InChI is InChI=1S/C21H26N2O2/c1-17-8-6-7-11-20(17)16-23(18(2)24)15-14-22-21(25)13-12-19-9-4-3-5-10-19/h3-11H,12-16H2,1-2H3,(H,22,25). The zero-order valence-corrected chi connectivity index (χ0v) is 15.0. The van der Waals surface area contributed by atoms with Gasteiger partial charge in [-0.2, -0.15) is 0 Å². The lowest BCUT2D eigenvalue weighted by atomic mass is 10.1. The zero-order valence-electron chi connectivity index (χ0n) is 15.0. The molecule has 0 heterocycles. The summed E-state index contributed by atoms with van der Waals surface area (Å²) in [5.41, 5.74) is 3.45. The van der Waals surface area contributed by atoms with Gasteiger partial charge in [-0.3, -0.25) is 9.59 Å². The molecule has 0 aliphatic rings. The number of nitrogens with one attached hydrogen (secondary N) is 1. The summed E-state index contributed by atoms with van der Waals surface area (Å²) in [6, 6.07) is 18.0. The summed E-state index contributed by atoms with van der Waals surface area (Å²) >= 11 is 0. The lowest BCUT2D eigenvalue weighted by Crippen LogP contribution is -2.37. The number of aryl methyl sites for hydroxylation is 2. The Morgan fingerprint density at radius 3 is 2.36 bits per heavy atom. The van der Waals surface area contributed by atoms with Gasteiger partial charge in [-0.25, -0.2) is 0 Å². The van der Waals surface area contributed by atoms with Gasteiger partial charge in [0.05, 0.1) is 0 Å². The van der Waals surface area contributed by atoms with Crippen molar-refractivity contribution in [3.8, 4) is 0 Å². The monoisotopic (exact) mass is 338 g/mol. The highest BCUT2D eigenvalue weighted by Crippen LogP contribution is 2.10. The molecule has 2 aromatic rings. The van der Waals surface area contributed by atoms with Gasteiger partial charge in [0, 0.05) is 33.0 Å². The van der Waals surface area contributed by atoms with Gasteiger partial charge in [0.1, 0.15) is 0 Å². The molecule has 0 saturated heterocycles. The van der Waals surface area contributed by atoms with Crippen molar-refractivity contribution < 1.29 is 9.59 Å². The highest BCUT2D eigenvalue weighted by molar-refractivity contribution is 5.76. The molecule has 0 spiro atoms. The van der Waals surface area contributed by atoms with Crippen LogP contribution in [0.15, 0.2) is 54.6 Å². The predicted molar refractivity (Wildman–Crippen MR) is 100 cm³/mol. The first-order valence-corrected chi connectivity index (χ1v) is 8.67. The number of amides is 2. The first-order valence-electron chi connectivity index (χ1n) is 8.67. The molecule has 2 aromatic carbocycles. The molecular weight excluding hydrogens is 312 g/mol. The fraction of sp³-hybridized carbons (Fsp3) is 0.333. The Morgan fingerprint density at radius 2 is 1.68 bits per heavy atom. The third-order valence-electron chi connectivity index (χ3n) is 4.26. The average molecular weight is 338 g/mol. The number of nitrogens with zero attached hydrogens (tertiary/aromatic N) is 1. The Kier molecular flexibility index (Phi) is 7.20. The van der Waals surface area contributed by atoms with Crippen LogP contribution in [0.5, 0.6) is 0 Å². The zero-order chi connectivity index (χ0) is 18.1. The van der Waals surface area contributed by atoms with Crippen molar-refractivity contribution >= 4 is 11.8 Å². The van der Waals surface area contributed by atoms with Crippen LogP contribution >= 0.6 is 0 Å². The Bertz CT molecular complexity index is 698. The van der Waals surface area contributed by atoms with Crippen LogP contribution in [-0.4, -0.2) is 29.8 Å². The second-order valence-corrected chi connectivity index (χ2v) is 6.20. The molecule has 0 aliphatic carbocycles. The van der Waals surface area contributed by atoms with Gasteiger partial charge >= 0.3 is 0 Å². The quantitative estimate of drug-likeness (QED) is 0.804. The fourth-order valence-electron chi connectivity index (χ4n) is 2.66. The summed E-state index contributed by atoms with van der Waals surface area (Å²) in [6.45, 7) is 5.16. The Morgan fingerprint density at radius 1 is 1.00 bits per heavy atom. The molecule has 4 nitrogen and oxygen atoms in total. The van der Waals surface area contributed by atoms with E-state index in [9.17, 15) is 9.59 Å². The van der Waals surface area contributed by atoms with Gasteiger partial charge in [-0.1, -0.05) is 54.6 Å². The van der Waals surface area contributed by atoms with E-state index in [1.807, 2.05) is 61.5 Å². The second-order valence-electron chi connectivity index (χ2n) is 6.20. The number of hydrogen-bond donors (Lipinski definition) is 1. The predicted octanol–water partition coefficient (Wildman–Crippen LogP) is 3.09. The van der Waals surface area contributed by atoms with Gasteiger partial charge in [-0.05, 0) is 30.0 Å². The van der Waals surface area contributed by atoms with E-state index in [4.69, 9.17) is 0 Å². The van der Waals surface area contributed by atoms with Gasteiger partial charge in [0.25, 0.3) is 0 Å². The Balaban J connectivity index is 1.76. The molecule has 0 radical (unpaired) electrons. The molecule has 2 amide bonds. The Labute approximate surface area is 149 Å². The van der Waals surface area contributed by atoms with Gasteiger partial charge < -0.3 is 10.2 Å². The van der Waals surface area contributed by atoms with Crippen molar-refractivity contribution in [3.63, 3.8) is 0 Å². The van der Waals surface area contributed by atoms with E-state index < -0.39 is 0 Å². The maximum absolute atomic E-state index is 12.0. The number of hydrogen-bond acceptors (Lipinski definition) is 2. The highest BCUT2D eigenvalue weighted by Gasteiger charge is 2.11. The molecule has 132 valence electrons. The largest absolute Gasteiger partial charge is 0.354 e. The van der Waals surface area contributed by atoms with Crippen molar-refractivity contribution in [2.75, 3.05) is 13.1 Å². The van der Waals surface area contributed by atoms with Crippen LogP contribution < -0.4 is 5.32 Å². The first-order chi connectivity index (χ1) is 12.1. The van der Waals surface area contributed by atoms with E-state index in [2.05, 4.69) is 5.32 Å². The van der Waals surface area contributed by atoms with Crippen molar-refractivity contribution in [1.82, 2.24) is 10.2 Å². The minimum absolute atomic E-state index is 0.0155. The number of carbonyl (C=O) groups excluding carboxylic acids is 2. The smallest absolute Gasteiger partial charge is 0.220 e. The molecular formula is C21H26N2O2. The molecule has 0 unspecified atom stereocenters. The summed E-state index contributed by atoms with van der Waals surface area (Å²) in [6.07, 6.45) is 1.19. The van der Waals surface area contributed by atoms with Crippen LogP contribution in [0.25, 0.3) is 0 Å². The molecule has 1 N–H and O–H groups in total. The van der Waals surface area contributed by atoms with Crippen LogP contribution in [0, 0.1) is 6.92 Å². The van der Waals surface area contributed by atoms with E-state index in [-0.39, 0.29) is 11.8 Å². The summed E-state index contributed by atoms with van der Waals surface area (Å²) in [5.74, 6) is 0.0324. The Hall–Kier alpha value is -2.62. The van der Waals surface area contributed by atoms with Crippen LogP contribution in [0.2, 0.25) is 0 Å². The minimum Gasteiger partial charge on any atom is -0.354 e. The summed E-state index contributed by atoms with van der Waals surface area (Å²) in [7, 11) is 0.